The SMILES string of the molecule is Nc1ccc2c(c1)N(CC1CCOC1)C(=O)CO2. The van der Waals surface area contributed by atoms with Gasteiger partial charge in [0.15, 0.2) is 6.61 Å². The lowest BCUT2D eigenvalue weighted by molar-refractivity contribution is -0.121. The fourth-order valence-electron chi connectivity index (χ4n) is 2.40. The minimum atomic E-state index is -0.0139. The molecule has 1 unspecified atom stereocenters. The zero-order valence-electron chi connectivity index (χ0n) is 10.1. The number of nitrogens with two attached hydrogens (primary N) is 1. The van der Waals surface area contributed by atoms with Crippen LogP contribution in [0.15, 0.2) is 18.2 Å². The minimum absolute atomic E-state index is 0.0139. The first-order valence-corrected chi connectivity index (χ1v) is 6.14. The molecule has 0 radical (unpaired) electrons. The maximum atomic E-state index is 12.0. The average molecular weight is 248 g/mol. The van der Waals surface area contributed by atoms with Gasteiger partial charge >= 0.3 is 0 Å². The maximum absolute atomic E-state index is 12.0. The van der Waals surface area contributed by atoms with E-state index in [4.69, 9.17) is 15.2 Å². The van der Waals surface area contributed by atoms with Crippen molar-refractivity contribution in [2.45, 2.75) is 6.42 Å². The van der Waals surface area contributed by atoms with E-state index >= 15 is 0 Å². The van der Waals surface area contributed by atoms with Crippen molar-refractivity contribution in [1.29, 1.82) is 0 Å². The number of fused-ring (bicyclic) bond motifs is 1. The molecule has 0 aliphatic carbocycles. The predicted octanol–water partition coefficient (Wildman–Crippen LogP) is 1.03. The number of hydrogen-bond acceptors (Lipinski definition) is 4. The summed E-state index contributed by atoms with van der Waals surface area (Å²) in [5.74, 6) is 1.11. The summed E-state index contributed by atoms with van der Waals surface area (Å²) < 4.78 is 10.8. The van der Waals surface area contributed by atoms with Crippen LogP contribution < -0.4 is 15.4 Å². The van der Waals surface area contributed by atoms with Crippen LogP contribution in [0.2, 0.25) is 0 Å². The lowest BCUT2D eigenvalue weighted by Gasteiger charge is -2.31. The number of nitrogens with zero attached hydrogens (tertiary/aromatic N) is 1. The van der Waals surface area contributed by atoms with Gasteiger partial charge in [-0.1, -0.05) is 0 Å². The second kappa shape index (κ2) is 4.49. The highest BCUT2D eigenvalue weighted by Crippen LogP contribution is 2.34. The van der Waals surface area contributed by atoms with Gasteiger partial charge < -0.3 is 20.1 Å². The van der Waals surface area contributed by atoms with Crippen molar-refractivity contribution in [3.63, 3.8) is 0 Å². The molecule has 0 saturated carbocycles. The van der Waals surface area contributed by atoms with Crippen LogP contribution in [-0.4, -0.2) is 32.3 Å². The van der Waals surface area contributed by atoms with E-state index in [-0.39, 0.29) is 12.5 Å². The molecule has 5 nitrogen and oxygen atoms in total. The van der Waals surface area contributed by atoms with Gasteiger partial charge in [0, 0.05) is 24.8 Å². The van der Waals surface area contributed by atoms with E-state index in [0.29, 0.717) is 18.2 Å². The molecule has 1 aromatic rings. The van der Waals surface area contributed by atoms with E-state index in [0.717, 1.165) is 31.1 Å². The van der Waals surface area contributed by atoms with Crippen LogP contribution in [0.1, 0.15) is 6.42 Å². The highest BCUT2D eigenvalue weighted by atomic mass is 16.5. The maximum Gasteiger partial charge on any atom is 0.265 e. The molecule has 3 rings (SSSR count). The summed E-state index contributed by atoms with van der Waals surface area (Å²) in [7, 11) is 0. The summed E-state index contributed by atoms with van der Waals surface area (Å²) in [5.41, 5.74) is 7.19. The molecule has 96 valence electrons. The molecule has 1 atom stereocenters. The zero-order valence-corrected chi connectivity index (χ0v) is 10.1. The molecule has 1 fully saturated rings. The van der Waals surface area contributed by atoms with Gasteiger partial charge in [-0.2, -0.15) is 0 Å². The summed E-state index contributed by atoms with van der Waals surface area (Å²) in [4.78, 5) is 13.7. The monoisotopic (exact) mass is 248 g/mol. The Kier molecular flexibility index (Phi) is 2.83. The van der Waals surface area contributed by atoms with Crippen molar-refractivity contribution >= 4 is 17.3 Å². The molecule has 2 aliphatic heterocycles. The molecule has 1 amide bonds. The van der Waals surface area contributed by atoms with Crippen LogP contribution in [-0.2, 0) is 9.53 Å². The first-order valence-electron chi connectivity index (χ1n) is 6.14. The molecule has 0 aromatic heterocycles. The van der Waals surface area contributed by atoms with E-state index in [1.165, 1.54) is 0 Å². The summed E-state index contributed by atoms with van der Waals surface area (Å²) in [6.45, 7) is 2.29. The van der Waals surface area contributed by atoms with Crippen molar-refractivity contribution in [2.75, 3.05) is 37.0 Å². The molecular weight excluding hydrogens is 232 g/mol. The summed E-state index contributed by atoms with van der Waals surface area (Å²) in [5, 5.41) is 0. The highest BCUT2D eigenvalue weighted by Gasteiger charge is 2.29. The van der Waals surface area contributed by atoms with Gasteiger partial charge in [-0.3, -0.25) is 4.79 Å². The number of ether oxygens (including phenoxy) is 2. The molecule has 0 bridgehead atoms. The zero-order chi connectivity index (χ0) is 12.5. The summed E-state index contributed by atoms with van der Waals surface area (Å²) in [6.07, 6.45) is 1.00. The predicted molar refractivity (Wildman–Crippen MR) is 67.6 cm³/mol. The number of carbonyl (C=O) groups is 1. The van der Waals surface area contributed by atoms with Gasteiger partial charge in [0.05, 0.1) is 12.3 Å². The Balaban J connectivity index is 1.88. The standard InChI is InChI=1S/C13H16N2O3/c14-10-1-2-12-11(5-10)15(13(16)8-18-12)6-9-3-4-17-7-9/h1-2,5,9H,3-4,6-8,14H2. The van der Waals surface area contributed by atoms with E-state index in [9.17, 15) is 4.79 Å². The third-order valence-corrected chi connectivity index (χ3v) is 3.39. The molecule has 2 aliphatic rings. The first-order chi connectivity index (χ1) is 8.74. The van der Waals surface area contributed by atoms with Crippen molar-refractivity contribution in [3.8, 4) is 5.75 Å². The number of hydrogen-bond donors (Lipinski definition) is 1. The van der Waals surface area contributed by atoms with Crippen molar-refractivity contribution in [2.24, 2.45) is 5.92 Å². The molecule has 2 heterocycles. The second-order valence-electron chi connectivity index (χ2n) is 4.75. The molecule has 0 spiro atoms. The highest BCUT2D eigenvalue weighted by molar-refractivity contribution is 5.98. The topological polar surface area (TPSA) is 64.8 Å². The number of rotatable bonds is 2. The van der Waals surface area contributed by atoms with Crippen LogP contribution in [0.4, 0.5) is 11.4 Å². The van der Waals surface area contributed by atoms with E-state index in [2.05, 4.69) is 0 Å². The largest absolute Gasteiger partial charge is 0.482 e. The van der Waals surface area contributed by atoms with Crippen molar-refractivity contribution < 1.29 is 14.3 Å². The van der Waals surface area contributed by atoms with Crippen molar-refractivity contribution in [1.82, 2.24) is 0 Å². The van der Waals surface area contributed by atoms with E-state index in [1.54, 1.807) is 17.0 Å². The van der Waals surface area contributed by atoms with Gasteiger partial charge in [-0.05, 0) is 24.6 Å². The molecule has 18 heavy (non-hydrogen) atoms. The smallest absolute Gasteiger partial charge is 0.265 e. The summed E-state index contributed by atoms with van der Waals surface area (Å²) >= 11 is 0. The molecule has 2 N–H and O–H groups in total. The van der Waals surface area contributed by atoms with Crippen LogP contribution in [0.5, 0.6) is 5.75 Å². The molecule has 1 aromatic carbocycles. The van der Waals surface area contributed by atoms with Gasteiger partial charge in [0.25, 0.3) is 5.91 Å². The number of amides is 1. The number of nitrogen functional groups attached to an aromatic ring is 1. The third-order valence-electron chi connectivity index (χ3n) is 3.39. The van der Waals surface area contributed by atoms with Gasteiger partial charge in [0.2, 0.25) is 0 Å². The van der Waals surface area contributed by atoms with Gasteiger partial charge in [0.1, 0.15) is 5.75 Å². The fourth-order valence-corrected chi connectivity index (χ4v) is 2.40. The first kappa shape index (κ1) is 11.3. The second-order valence-corrected chi connectivity index (χ2v) is 4.75. The van der Waals surface area contributed by atoms with Crippen LogP contribution in [0.25, 0.3) is 0 Å². The number of anilines is 2. The minimum Gasteiger partial charge on any atom is -0.482 e. The van der Waals surface area contributed by atoms with Gasteiger partial charge in [-0.15, -0.1) is 0 Å². The molecule has 1 saturated heterocycles. The van der Waals surface area contributed by atoms with Gasteiger partial charge in [-0.25, -0.2) is 0 Å². The lowest BCUT2D eigenvalue weighted by atomic mass is 10.1. The Morgan fingerprint density at radius 1 is 1.44 bits per heavy atom. The van der Waals surface area contributed by atoms with Crippen molar-refractivity contribution in [3.05, 3.63) is 18.2 Å². The fraction of sp³-hybridized carbons (Fsp3) is 0.462. The van der Waals surface area contributed by atoms with E-state index in [1.807, 2.05) is 6.07 Å². The lowest BCUT2D eigenvalue weighted by Crippen LogP contribution is -2.41. The normalized spacial score (nSPS) is 22.8. The third kappa shape index (κ3) is 2.01. The Morgan fingerprint density at radius 3 is 3.11 bits per heavy atom. The average Bonchev–Trinajstić information content (AvgIpc) is 2.86. The van der Waals surface area contributed by atoms with Crippen LogP contribution in [0.3, 0.4) is 0 Å². The number of benzene rings is 1. The Bertz CT molecular complexity index is 469. The Morgan fingerprint density at radius 2 is 2.33 bits per heavy atom. The number of carbonyl (C=O) groups excluding carboxylic acids is 1. The molecule has 5 heteroatoms. The Hall–Kier alpha value is -1.75. The quantitative estimate of drug-likeness (QED) is 0.794. The van der Waals surface area contributed by atoms with E-state index < -0.39 is 0 Å². The summed E-state index contributed by atoms with van der Waals surface area (Å²) in [6, 6.07) is 5.39. The molecular formula is C13H16N2O3. The van der Waals surface area contributed by atoms with Crippen LogP contribution in [0, 0.1) is 5.92 Å². The Labute approximate surface area is 105 Å². The van der Waals surface area contributed by atoms with Crippen LogP contribution >= 0.6 is 0 Å².